The number of carbonyl (C=O) groups excluding carboxylic acids is 1. The summed E-state index contributed by atoms with van der Waals surface area (Å²) in [7, 11) is 3.09. The molecular formula is C18H17FN2O3. The number of ether oxygens (including phenoxy) is 2. The lowest BCUT2D eigenvalue weighted by Crippen LogP contribution is -2.13. The Hall–Kier alpha value is -3.02. The largest absolute Gasteiger partial charge is 0.493 e. The van der Waals surface area contributed by atoms with Gasteiger partial charge in [0.1, 0.15) is 11.5 Å². The van der Waals surface area contributed by atoms with E-state index in [1.165, 1.54) is 19.2 Å². The zero-order valence-electron chi connectivity index (χ0n) is 13.6. The number of aromatic nitrogens is 1. The third-order valence-corrected chi connectivity index (χ3v) is 3.81. The van der Waals surface area contributed by atoms with Gasteiger partial charge in [0.05, 0.1) is 14.2 Å². The Kier molecular flexibility index (Phi) is 4.12. The number of rotatable bonds is 4. The van der Waals surface area contributed by atoms with Crippen molar-refractivity contribution >= 4 is 22.5 Å². The molecular weight excluding hydrogens is 311 g/mol. The fourth-order valence-corrected chi connectivity index (χ4v) is 2.53. The van der Waals surface area contributed by atoms with Gasteiger partial charge in [-0.05, 0) is 42.8 Å². The number of anilines is 1. The number of hydrogen-bond donors (Lipinski definition) is 2. The molecule has 0 spiro atoms. The molecule has 0 bridgehead atoms. The van der Waals surface area contributed by atoms with Crippen LogP contribution in [0.1, 0.15) is 16.1 Å². The molecule has 0 aliphatic heterocycles. The second kappa shape index (κ2) is 6.23. The summed E-state index contributed by atoms with van der Waals surface area (Å²) in [4.78, 5) is 15.4. The molecule has 24 heavy (non-hydrogen) atoms. The molecule has 0 saturated heterocycles. The molecule has 1 heterocycles. The topological polar surface area (TPSA) is 63.3 Å². The molecule has 1 amide bonds. The van der Waals surface area contributed by atoms with Crippen LogP contribution in [0.3, 0.4) is 0 Å². The van der Waals surface area contributed by atoms with E-state index in [4.69, 9.17) is 9.47 Å². The Morgan fingerprint density at radius 2 is 1.79 bits per heavy atom. The number of carbonyl (C=O) groups is 1. The highest BCUT2D eigenvalue weighted by molar-refractivity contribution is 6.06. The molecule has 6 heteroatoms. The first kappa shape index (κ1) is 15.9. The van der Waals surface area contributed by atoms with Crippen molar-refractivity contribution in [1.82, 2.24) is 4.98 Å². The molecule has 124 valence electrons. The van der Waals surface area contributed by atoms with Gasteiger partial charge in [-0.1, -0.05) is 0 Å². The normalized spacial score (nSPS) is 10.7. The number of aromatic amines is 1. The molecule has 0 aliphatic rings. The second-order valence-corrected chi connectivity index (χ2v) is 5.39. The summed E-state index contributed by atoms with van der Waals surface area (Å²) in [5.41, 5.74) is 2.50. The number of amides is 1. The lowest BCUT2D eigenvalue weighted by molar-refractivity contribution is 0.102. The molecule has 1 aromatic heterocycles. The highest BCUT2D eigenvalue weighted by Gasteiger charge is 2.14. The maximum Gasteiger partial charge on any atom is 0.272 e. The molecule has 2 aromatic carbocycles. The van der Waals surface area contributed by atoms with E-state index >= 15 is 0 Å². The molecule has 0 saturated carbocycles. The Morgan fingerprint density at radius 3 is 2.50 bits per heavy atom. The van der Waals surface area contributed by atoms with Crippen LogP contribution < -0.4 is 14.8 Å². The Bertz CT molecular complexity index is 918. The molecule has 0 atom stereocenters. The minimum absolute atomic E-state index is 0.318. The van der Waals surface area contributed by atoms with Crippen LogP contribution in [-0.4, -0.2) is 25.1 Å². The highest BCUT2D eigenvalue weighted by Crippen LogP contribution is 2.33. The highest BCUT2D eigenvalue weighted by atomic mass is 19.1. The average molecular weight is 328 g/mol. The summed E-state index contributed by atoms with van der Waals surface area (Å²) >= 11 is 0. The van der Waals surface area contributed by atoms with E-state index in [1.54, 1.807) is 31.4 Å². The molecule has 3 rings (SSSR count). The van der Waals surface area contributed by atoms with Crippen LogP contribution in [0, 0.1) is 12.7 Å². The fourth-order valence-electron chi connectivity index (χ4n) is 2.53. The van der Waals surface area contributed by atoms with Crippen molar-refractivity contribution in [1.29, 1.82) is 0 Å². The predicted octanol–water partition coefficient (Wildman–Crippen LogP) is 3.88. The standard InChI is InChI=1S/C18H17FN2O3/c1-10-6-16(23-2)17(24-3)9-14(10)21-18(22)15-8-11-7-12(19)4-5-13(11)20-15/h4-9,20H,1-3H3,(H,21,22). The van der Waals surface area contributed by atoms with Crippen LogP contribution in [0.4, 0.5) is 10.1 Å². The predicted molar refractivity (Wildman–Crippen MR) is 90.5 cm³/mol. The number of H-pyrrole nitrogens is 1. The van der Waals surface area contributed by atoms with Crippen LogP contribution in [0.15, 0.2) is 36.4 Å². The van der Waals surface area contributed by atoms with Gasteiger partial charge in [-0.3, -0.25) is 4.79 Å². The van der Waals surface area contributed by atoms with Crippen LogP contribution in [0.25, 0.3) is 10.9 Å². The van der Waals surface area contributed by atoms with E-state index in [9.17, 15) is 9.18 Å². The smallest absolute Gasteiger partial charge is 0.272 e. The number of hydrogen-bond acceptors (Lipinski definition) is 3. The summed E-state index contributed by atoms with van der Waals surface area (Å²) in [6.45, 7) is 1.86. The summed E-state index contributed by atoms with van der Waals surface area (Å²) < 4.78 is 23.7. The van der Waals surface area contributed by atoms with E-state index in [0.717, 1.165) is 5.56 Å². The van der Waals surface area contributed by atoms with Crippen LogP contribution in [0.2, 0.25) is 0 Å². The lowest BCUT2D eigenvalue weighted by atomic mass is 10.1. The maximum atomic E-state index is 13.3. The van der Waals surface area contributed by atoms with Gasteiger partial charge in [0.15, 0.2) is 11.5 Å². The molecule has 5 nitrogen and oxygen atoms in total. The summed E-state index contributed by atoms with van der Waals surface area (Å²) in [6, 6.07) is 9.43. The zero-order valence-corrected chi connectivity index (χ0v) is 13.6. The first-order chi connectivity index (χ1) is 11.5. The molecule has 3 aromatic rings. The van der Waals surface area contributed by atoms with Crippen molar-refractivity contribution in [2.75, 3.05) is 19.5 Å². The van der Waals surface area contributed by atoms with E-state index < -0.39 is 0 Å². The number of halogens is 1. The Balaban J connectivity index is 1.90. The lowest BCUT2D eigenvalue weighted by Gasteiger charge is -2.13. The summed E-state index contributed by atoms with van der Waals surface area (Å²) in [5.74, 6) is 0.456. The molecule has 0 aliphatic carbocycles. The van der Waals surface area contributed by atoms with E-state index in [0.29, 0.717) is 33.8 Å². The third-order valence-electron chi connectivity index (χ3n) is 3.81. The van der Waals surface area contributed by atoms with Gasteiger partial charge >= 0.3 is 0 Å². The average Bonchev–Trinajstić information content (AvgIpc) is 2.99. The van der Waals surface area contributed by atoms with Gasteiger partial charge < -0.3 is 19.8 Å². The van der Waals surface area contributed by atoms with Gasteiger partial charge in [0.25, 0.3) is 5.91 Å². The summed E-state index contributed by atoms with van der Waals surface area (Å²) in [5, 5.41) is 3.47. The number of nitrogens with one attached hydrogen (secondary N) is 2. The first-order valence-electron chi connectivity index (χ1n) is 7.34. The van der Waals surface area contributed by atoms with E-state index in [-0.39, 0.29) is 11.7 Å². The van der Waals surface area contributed by atoms with Crippen molar-refractivity contribution < 1.29 is 18.7 Å². The number of benzene rings is 2. The summed E-state index contributed by atoms with van der Waals surface area (Å²) in [6.07, 6.45) is 0. The fraction of sp³-hybridized carbons (Fsp3) is 0.167. The molecule has 0 fully saturated rings. The van der Waals surface area contributed by atoms with Crippen molar-refractivity contribution in [2.45, 2.75) is 6.92 Å². The second-order valence-electron chi connectivity index (χ2n) is 5.39. The van der Waals surface area contributed by atoms with E-state index in [1.807, 2.05) is 6.92 Å². The molecule has 0 unspecified atom stereocenters. The van der Waals surface area contributed by atoms with Crippen molar-refractivity contribution in [3.63, 3.8) is 0 Å². The van der Waals surface area contributed by atoms with Crippen molar-refractivity contribution in [3.05, 3.63) is 53.5 Å². The number of aryl methyl sites for hydroxylation is 1. The van der Waals surface area contributed by atoms with Crippen molar-refractivity contribution in [3.8, 4) is 11.5 Å². The van der Waals surface area contributed by atoms with E-state index in [2.05, 4.69) is 10.3 Å². The minimum atomic E-state index is -0.343. The minimum Gasteiger partial charge on any atom is -0.493 e. The third kappa shape index (κ3) is 2.90. The SMILES string of the molecule is COc1cc(C)c(NC(=O)c2cc3cc(F)ccc3[nH]2)cc1OC. The quantitative estimate of drug-likeness (QED) is 0.764. The van der Waals surface area contributed by atoms with Crippen LogP contribution in [0.5, 0.6) is 11.5 Å². The van der Waals surface area contributed by atoms with Crippen LogP contribution >= 0.6 is 0 Å². The number of fused-ring (bicyclic) bond motifs is 1. The Morgan fingerprint density at radius 1 is 1.08 bits per heavy atom. The van der Waals surface area contributed by atoms with Gasteiger partial charge in [0, 0.05) is 22.7 Å². The number of methoxy groups -OCH3 is 2. The Labute approximate surface area is 138 Å². The van der Waals surface area contributed by atoms with Gasteiger partial charge in [-0.2, -0.15) is 0 Å². The van der Waals surface area contributed by atoms with Gasteiger partial charge in [0.2, 0.25) is 0 Å². The molecule has 0 radical (unpaired) electrons. The van der Waals surface area contributed by atoms with Gasteiger partial charge in [-0.15, -0.1) is 0 Å². The maximum absolute atomic E-state index is 13.3. The first-order valence-corrected chi connectivity index (χ1v) is 7.34. The van der Waals surface area contributed by atoms with Crippen molar-refractivity contribution in [2.24, 2.45) is 0 Å². The zero-order chi connectivity index (χ0) is 17.3. The van der Waals surface area contributed by atoms with Crippen LogP contribution in [-0.2, 0) is 0 Å². The van der Waals surface area contributed by atoms with Gasteiger partial charge in [-0.25, -0.2) is 4.39 Å². The molecule has 2 N–H and O–H groups in total. The monoisotopic (exact) mass is 328 g/mol.